The van der Waals surface area contributed by atoms with Gasteiger partial charge in [-0.1, -0.05) is 61.3 Å². The van der Waals surface area contributed by atoms with Crippen molar-refractivity contribution in [3.05, 3.63) is 51.6 Å². The molecule has 1 aliphatic heterocycles. The van der Waals surface area contributed by atoms with Gasteiger partial charge in [-0.25, -0.2) is 9.78 Å². The maximum absolute atomic E-state index is 11.4. The lowest BCUT2D eigenvalue weighted by molar-refractivity contribution is 0.0747. The van der Waals surface area contributed by atoms with Gasteiger partial charge in [0.1, 0.15) is 11.0 Å². The first-order valence-corrected chi connectivity index (χ1v) is 10.7. The number of amidine groups is 1. The van der Waals surface area contributed by atoms with Gasteiger partial charge in [-0.05, 0) is 31.4 Å². The predicted octanol–water partition coefficient (Wildman–Crippen LogP) is 5.58. The number of hydrogen-bond acceptors (Lipinski definition) is 3. The molecule has 1 fully saturated rings. The third-order valence-electron chi connectivity index (χ3n) is 5.54. The molecule has 0 unspecified atom stereocenters. The highest BCUT2D eigenvalue weighted by Crippen LogP contribution is 2.35. The zero-order chi connectivity index (χ0) is 22.2. The molecule has 2 aromatic rings. The van der Waals surface area contributed by atoms with Gasteiger partial charge in [0, 0.05) is 30.7 Å². The molecule has 0 bridgehead atoms. The minimum Gasteiger partial charge on any atom is -0.465 e. The fraction of sp³-hybridized carbons (Fsp3) is 0.409. The van der Waals surface area contributed by atoms with E-state index in [-0.39, 0.29) is 23.1 Å². The second-order valence-corrected chi connectivity index (χ2v) is 8.80. The van der Waals surface area contributed by atoms with Crippen LogP contribution in [0.15, 0.2) is 30.3 Å². The average Bonchev–Trinajstić information content (AvgIpc) is 2.70. The van der Waals surface area contributed by atoms with Gasteiger partial charge in [0.05, 0.1) is 16.3 Å². The number of nitrogens with one attached hydrogen (secondary N) is 1. The van der Waals surface area contributed by atoms with Crippen molar-refractivity contribution >= 4 is 35.1 Å². The summed E-state index contributed by atoms with van der Waals surface area (Å²) in [7, 11) is 0. The zero-order valence-corrected chi connectivity index (χ0v) is 19.0. The lowest BCUT2D eigenvalue weighted by Crippen LogP contribution is -2.59. The molecule has 6 nitrogen and oxygen atoms in total. The molecule has 1 aromatic carbocycles. The molecule has 8 heteroatoms. The van der Waals surface area contributed by atoms with E-state index in [9.17, 15) is 9.90 Å². The first-order valence-electron chi connectivity index (χ1n) is 9.92. The van der Waals surface area contributed by atoms with E-state index in [0.29, 0.717) is 35.3 Å². The third-order valence-corrected chi connectivity index (χ3v) is 6.12. The van der Waals surface area contributed by atoms with Gasteiger partial charge >= 0.3 is 6.09 Å². The van der Waals surface area contributed by atoms with E-state index in [4.69, 9.17) is 28.6 Å². The summed E-state index contributed by atoms with van der Waals surface area (Å²) in [5.74, 6) is 0.492. The van der Waals surface area contributed by atoms with Gasteiger partial charge in [-0.3, -0.25) is 5.41 Å². The number of carboxylic acid groups (broad SMARTS) is 1. The van der Waals surface area contributed by atoms with E-state index in [1.54, 1.807) is 6.07 Å². The van der Waals surface area contributed by atoms with E-state index in [2.05, 4.69) is 18.8 Å². The van der Waals surface area contributed by atoms with Crippen LogP contribution in [0.2, 0.25) is 10.2 Å². The number of halogens is 2. The van der Waals surface area contributed by atoms with E-state index >= 15 is 0 Å². The van der Waals surface area contributed by atoms with Crippen LogP contribution < -0.4 is 0 Å². The third kappa shape index (κ3) is 4.25. The molecule has 30 heavy (non-hydrogen) atoms. The molecule has 0 saturated carbocycles. The van der Waals surface area contributed by atoms with Crippen LogP contribution in [0.25, 0.3) is 11.3 Å². The summed E-state index contributed by atoms with van der Waals surface area (Å²) in [5, 5.41) is 18.7. The van der Waals surface area contributed by atoms with Crippen LogP contribution in [0, 0.1) is 5.41 Å². The molecule has 2 atom stereocenters. The molecule has 1 amide bonds. The van der Waals surface area contributed by atoms with Crippen molar-refractivity contribution in [2.75, 3.05) is 13.1 Å². The second-order valence-electron chi connectivity index (χ2n) is 8.03. The van der Waals surface area contributed by atoms with E-state index < -0.39 is 6.09 Å². The molecule has 3 rings (SSSR count). The number of hydrogen-bond donors (Lipinski definition) is 2. The van der Waals surface area contributed by atoms with Gasteiger partial charge in [0.2, 0.25) is 0 Å². The molecule has 0 radical (unpaired) electrons. The normalized spacial score (nSPS) is 19.3. The Morgan fingerprint density at radius 2 is 1.77 bits per heavy atom. The van der Waals surface area contributed by atoms with Crippen molar-refractivity contribution in [1.29, 1.82) is 5.41 Å². The van der Waals surface area contributed by atoms with Crippen LogP contribution in [0.3, 0.4) is 0 Å². The van der Waals surface area contributed by atoms with E-state index in [0.717, 1.165) is 11.1 Å². The van der Waals surface area contributed by atoms with Crippen molar-refractivity contribution in [1.82, 2.24) is 14.8 Å². The van der Waals surface area contributed by atoms with Gasteiger partial charge in [0.25, 0.3) is 0 Å². The fourth-order valence-electron chi connectivity index (χ4n) is 3.90. The van der Waals surface area contributed by atoms with Crippen LogP contribution in [0.4, 0.5) is 4.79 Å². The first-order chi connectivity index (χ1) is 14.1. The van der Waals surface area contributed by atoms with Crippen LogP contribution in [-0.4, -0.2) is 57.0 Å². The minimum absolute atomic E-state index is 0.166. The minimum atomic E-state index is -0.948. The highest BCUT2D eigenvalue weighted by Gasteiger charge is 2.34. The van der Waals surface area contributed by atoms with Crippen molar-refractivity contribution in [2.24, 2.45) is 0 Å². The average molecular weight is 449 g/mol. The molecule has 160 valence electrons. The summed E-state index contributed by atoms with van der Waals surface area (Å²) in [4.78, 5) is 19.2. The Kier molecular flexibility index (Phi) is 6.58. The summed E-state index contributed by atoms with van der Waals surface area (Å²) >= 11 is 13.1. The molecule has 0 spiro atoms. The van der Waals surface area contributed by atoms with Crippen LogP contribution >= 0.6 is 23.2 Å². The van der Waals surface area contributed by atoms with Crippen molar-refractivity contribution < 1.29 is 9.90 Å². The Labute approximate surface area is 186 Å². The Balaban J connectivity index is 1.95. The number of nitrogens with zero attached hydrogens (tertiary/aromatic N) is 3. The molecule has 2 heterocycles. The maximum Gasteiger partial charge on any atom is 0.407 e. The predicted molar refractivity (Wildman–Crippen MR) is 121 cm³/mol. The number of rotatable bonds is 3. The number of benzene rings is 1. The topological polar surface area (TPSA) is 80.5 Å². The monoisotopic (exact) mass is 448 g/mol. The van der Waals surface area contributed by atoms with Gasteiger partial charge in [-0.15, -0.1) is 0 Å². The summed E-state index contributed by atoms with van der Waals surface area (Å²) in [6.07, 6.45) is -0.948. The van der Waals surface area contributed by atoms with Crippen molar-refractivity contribution in [2.45, 2.75) is 45.7 Å². The molecular formula is C22H26Cl2N4O2. The highest BCUT2D eigenvalue weighted by molar-refractivity contribution is 6.36. The highest BCUT2D eigenvalue weighted by atomic mass is 35.5. The van der Waals surface area contributed by atoms with E-state index in [1.165, 1.54) is 4.90 Å². The molecule has 0 aliphatic carbocycles. The Bertz CT molecular complexity index is 980. The Morgan fingerprint density at radius 3 is 2.40 bits per heavy atom. The van der Waals surface area contributed by atoms with Gasteiger partial charge in [-0.2, -0.15) is 0 Å². The number of piperazine rings is 1. The van der Waals surface area contributed by atoms with Gasteiger partial charge < -0.3 is 14.9 Å². The smallest absolute Gasteiger partial charge is 0.407 e. The molecule has 2 N–H and O–H groups in total. The van der Waals surface area contributed by atoms with Crippen LogP contribution in [0.5, 0.6) is 0 Å². The number of aromatic nitrogens is 1. The SMILES string of the molecule is CC(C)c1ccccc1-c1nc(Cl)c(C(=N)N2C[C@@H](C)N(C(=O)O)C[C@@H]2C)cc1Cl. The summed E-state index contributed by atoms with van der Waals surface area (Å²) in [5.41, 5.74) is 3.09. The number of carbonyl (C=O) groups is 1. The van der Waals surface area contributed by atoms with Crippen molar-refractivity contribution in [3.8, 4) is 11.3 Å². The van der Waals surface area contributed by atoms with Crippen molar-refractivity contribution in [3.63, 3.8) is 0 Å². The quantitative estimate of drug-likeness (QED) is 0.364. The number of amides is 1. The first kappa shape index (κ1) is 22.4. The lowest BCUT2D eigenvalue weighted by Gasteiger charge is -2.44. The molecule has 1 aliphatic rings. The van der Waals surface area contributed by atoms with Crippen LogP contribution in [-0.2, 0) is 0 Å². The fourth-order valence-corrected chi connectivity index (χ4v) is 4.38. The molecule has 1 aromatic heterocycles. The molecular weight excluding hydrogens is 423 g/mol. The summed E-state index contributed by atoms with van der Waals surface area (Å²) in [6, 6.07) is 9.23. The Hall–Kier alpha value is -2.31. The second kappa shape index (κ2) is 8.82. The lowest BCUT2D eigenvalue weighted by atomic mass is 9.95. The number of pyridine rings is 1. The van der Waals surface area contributed by atoms with Gasteiger partial charge in [0.15, 0.2) is 0 Å². The molecule has 1 saturated heterocycles. The standard InChI is InChI=1S/C22H26Cl2N4O2/c1-12(2)15-7-5-6-8-16(15)19-18(23)9-17(20(24)26-19)21(25)27-10-14(4)28(22(29)30)11-13(27)3/h5-9,12-14,25H,10-11H2,1-4H3,(H,29,30)/t13-,14+/m0/s1. The summed E-state index contributed by atoms with van der Waals surface area (Å²) < 4.78 is 0. The largest absolute Gasteiger partial charge is 0.465 e. The maximum atomic E-state index is 11.4. The Morgan fingerprint density at radius 1 is 1.17 bits per heavy atom. The zero-order valence-electron chi connectivity index (χ0n) is 17.5. The van der Waals surface area contributed by atoms with E-state index in [1.807, 2.05) is 43.0 Å². The van der Waals surface area contributed by atoms with Crippen LogP contribution in [0.1, 0.15) is 44.7 Å². The summed E-state index contributed by atoms with van der Waals surface area (Å²) in [6.45, 7) is 8.66.